The quantitative estimate of drug-likeness (QED) is 0.385. The Labute approximate surface area is 175 Å². The Balaban J connectivity index is 1.55. The molecule has 0 aliphatic rings. The summed E-state index contributed by atoms with van der Waals surface area (Å²) in [7, 11) is 0. The predicted molar refractivity (Wildman–Crippen MR) is 119 cm³/mol. The zero-order valence-corrected chi connectivity index (χ0v) is 17.6. The zero-order chi connectivity index (χ0) is 20.0. The maximum Gasteiger partial charge on any atom is 0.258 e. The van der Waals surface area contributed by atoms with Crippen LogP contribution in [0, 0.1) is 13.8 Å². The molecule has 0 radical (unpaired) electrons. The van der Waals surface area contributed by atoms with Crippen LogP contribution in [0.2, 0.25) is 0 Å². The van der Waals surface area contributed by atoms with Gasteiger partial charge in [0, 0.05) is 28.6 Å². The van der Waals surface area contributed by atoms with E-state index in [9.17, 15) is 4.79 Å². The first-order valence-electron chi connectivity index (χ1n) is 9.24. The Morgan fingerprint density at radius 3 is 2.66 bits per heavy atom. The van der Waals surface area contributed by atoms with Crippen LogP contribution in [-0.4, -0.2) is 18.9 Å². The van der Waals surface area contributed by atoms with Gasteiger partial charge in [0.2, 0.25) is 0 Å². The number of para-hydroxylation sites is 2. The van der Waals surface area contributed by atoms with Crippen molar-refractivity contribution in [2.24, 2.45) is 0 Å². The standard InChI is InChI=1S/C22H18N4OS2/c1-14-7-9-17(10-8-14)26-19-6-4-3-5-18(19)24-22(26)29-13-16-11-20(27)25-15(2)12-28-21(25)23-16/h3-12H,13H2,1-2H3. The third-order valence-corrected chi connectivity index (χ3v) is 6.72. The summed E-state index contributed by atoms with van der Waals surface area (Å²) in [6, 6.07) is 18.2. The smallest absolute Gasteiger partial charge is 0.258 e. The summed E-state index contributed by atoms with van der Waals surface area (Å²) in [6.45, 7) is 4.00. The number of nitrogens with zero attached hydrogens (tertiary/aromatic N) is 4. The third kappa shape index (κ3) is 3.26. The van der Waals surface area contributed by atoms with Crippen LogP contribution in [0.25, 0.3) is 21.7 Å². The molecule has 0 atom stereocenters. The fraction of sp³-hybridized carbons (Fsp3) is 0.136. The lowest BCUT2D eigenvalue weighted by Gasteiger charge is -2.09. The molecule has 0 bridgehead atoms. The van der Waals surface area contributed by atoms with Crippen LogP contribution < -0.4 is 5.56 Å². The number of thiazole rings is 1. The van der Waals surface area contributed by atoms with Gasteiger partial charge in [-0.2, -0.15) is 0 Å². The number of hydrogen-bond donors (Lipinski definition) is 0. The van der Waals surface area contributed by atoms with Gasteiger partial charge in [-0.25, -0.2) is 9.97 Å². The number of rotatable bonds is 4. The number of benzene rings is 2. The molecular formula is C22H18N4OS2. The molecule has 5 rings (SSSR count). The number of thioether (sulfide) groups is 1. The Morgan fingerprint density at radius 1 is 1.03 bits per heavy atom. The lowest BCUT2D eigenvalue weighted by atomic mass is 10.2. The Bertz CT molecular complexity index is 1400. The molecule has 0 amide bonds. The molecule has 0 fully saturated rings. The largest absolute Gasteiger partial charge is 0.287 e. The van der Waals surface area contributed by atoms with E-state index in [2.05, 4.69) is 46.8 Å². The molecule has 0 aliphatic carbocycles. The second-order valence-corrected chi connectivity index (χ2v) is 8.70. The van der Waals surface area contributed by atoms with Crippen molar-refractivity contribution in [3.8, 4) is 5.69 Å². The molecule has 7 heteroatoms. The number of fused-ring (bicyclic) bond motifs is 2. The molecule has 0 N–H and O–H groups in total. The summed E-state index contributed by atoms with van der Waals surface area (Å²) < 4.78 is 3.82. The minimum atomic E-state index is -0.0311. The van der Waals surface area contributed by atoms with E-state index in [1.54, 1.807) is 22.2 Å². The average Bonchev–Trinajstić information content (AvgIpc) is 3.28. The highest BCUT2D eigenvalue weighted by Crippen LogP contribution is 2.30. The van der Waals surface area contributed by atoms with Gasteiger partial charge in [-0.15, -0.1) is 11.3 Å². The van der Waals surface area contributed by atoms with Crippen molar-refractivity contribution in [1.29, 1.82) is 0 Å². The number of imidazole rings is 1. The predicted octanol–water partition coefficient (Wildman–Crippen LogP) is 5.00. The molecule has 0 aliphatic heterocycles. The summed E-state index contributed by atoms with van der Waals surface area (Å²) in [5, 5.41) is 2.84. The number of aromatic nitrogens is 4. The van der Waals surface area contributed by atoms with E-state index in [1.165, 1.54) is 16.9 Å². The zero-order valence-electron chi connectivity index (χ0n) is 16.0. The Morgan fingerprint density at radius 2 is 1.83 bits per heavy atom. The van der Waals surface area contributed by atoms with Crippen molar-refractivity contribution in [1.82, 2.24) is 18.9 Å². The second-order valence-electron chi connectivity index (χ2n) is 6.92. The maximum absolute atomic E-state index is 12.5. The molecule has 0 saturated heterocycles. The third-order valence-electron chi connectivity index (χ3n) is 4.80. The van der Waals surface area contributed by atoms with Gasteiger partial charge in [0.1, 0.15) is 0 Å². The second kappa shape index (κ2) is 7.17. The first-order valence-corrected chi connectivity index (χ1v) is 11.1. The topological polar surface area (TPSA) is 52.2 Å². The van der Waals surface area contributed by atoms with Gasteiger partial charge < -0.3 is 0 Å². The van der Waals surface area contributed by atoms with Gasteiger partial charge in [0.25, 0.3) is 5.56 Å². The van der Waals surface area contributed by atoms with Crippen molar-refractivity contribution < 1.29 is 0 Å². The lowest BCUT2D eigenvalue weighted by molar-refractivity contribution is 0.916. The molecule has 0 unspecified atom stereocenters. The lowest BCUT2D eigenvalue weighted by Crippen LogP contribution is -2.14. The summed E-state index contributed by atoms with van der Waals surface area (Å²) in [4.78, 5) is 22.7. The van der Waals surface area contributed by atoms with E-state index >= 15 is 0 Å². The summed E-state index contributed by atoms with van der Waals surface area (Å²) in [5.41, 5.74) is 5.97. The SMILES string of the molecule is Cc1ccc(-n2c(SCc3cc(=O)n4c(C)csc4n3)nc3ccccc32)cc1. The molecule has 5 aromatic rings. The number of aryl methyl sites for hydroxylation is 2. The van der Waals surface area contributed by atoms with Gasteiger partial charge in [-0.1, -0.05) is 41.6 Å². The Hall–Kier alpha value is -2.90. The van der Waals surface area contributed by atoms with Crippen LogP contribution in [0.5, 0.6) is 0 Å². The molecule has 2 aromatic carbocycles. The summed E-state index contributed by atoms with van der Waals surface area (Å²) in [6.07, 6.45) is 0. The molecule has 0 spiro atoms. The van der Waals surface area contributed by atoms with E-state index in [4.69, 9.17) is 4.98 Å². The van der Waals surface area contributed by atoms with Crippen LogP contribution in [-0.2, 0) is 5.75 Å². The molecule has 0 saturated carbocycles. The van der Waals surface area contributed by atoms with E-state index < -0.39 is 0 Å². The first kappa shape index (κ1) is 18.1. The summed E-state index contributed by atoms with van der Waals surface area (Å²) >= 11 is 3.09. The molecule has 3 heterocycles. The van der Waals surface area contributed by atoms with Crippen molar-refractivity contribution in [2.75, 3.05) is 0 Å². The van der Waals surface area contributed by atoms with Crippen molar-refractivity contribution in [2.45, 2.75) is 24.8 Å². The summed E-state index contributed by atoms with van der Waals surface area (Å²) in [5.74, 6) is 0.581. The normalized spacial score (nSPS) is 11.5. The minimum absolute atomic E-state index is 0.0311. The maximum atomic E-state index is 12.5. The molecule has 5 nitrogen and oxygen atoms in total. The molecule has 3 aromatic heterocycles. The fourth-order valence-electron chi connectivity index (χ4n) is 3.36. The van der Waals surface area contributed by atoms with Crippen LogP contribution >= 0.6 is 23.1 Å². The monoisotopic (exact) mass is 418 g/mol. The first-order chi connectivity index (χ1) is 14.1. The molecular weight excluding hydrogens is 400 g/mol. The minimum Gasteiger partial charge on any atom is -0.287 e. The van der Waals surface area contributed by atoms with Crippen molar-refractivity contribution in [3.63, 3.8) is 0 Å². The molecule has 29 heavy (non-hydrogen) atoms. The highest BCUT2D eigenvalue weighted by atomic mass is 32.2. The van der Waals surface area contributed by atoms with Gasteiger partial charge >= 0.3 is 0 Å². The van der Waals surface area contributed by atoms with Gasteiger partial charge in [0.15, 0.2) is 10.1 Å². The fourth-order valence-corrected chi connectivity index (χ4v) is 5.17. The van der Waals surface area contributed by atoms with E-state index in [0.717, 1.165) is 38.2 Å². The Kier molecular flexibility index (Phi) is 4.49. The molecule has 144 valence electrons. The average molecular weight is 419 g/mol. The van der Waals surface area contributed by atoms with Crippen LogP contribution in [0.15, 0.2) is 69.9 Å². The van der Waals surface area contributed by atoms with Crippen molar-refractivity contribution >= 4 is 39.1 Å². The van der Waals surface area contributed by atoms with Crippen LogP contribution in [0.1, 0.15) is 17.0 Å². The number of hydrogen-bond acceptors (Lipinski definition) is 5. The van der Waals surface area contributed by atoms with Gasteiger partial charge in [-0.3, -0.25) is 13.8 Å². The van der Waals surface area contributed by atoms with E-state index in [-0.39, 0.29) is 5.56 Å². The van der Waals surface area contributed by atoms with E-state index in [1.807, 2.05) is 30.5 Å². The van der Waals surface area contributed by atoms with Crippen LogP contribution in [0.3, 0.4) is 0 Å². The highest BCUT2D eigenvalue weighted by molar-refractivity contribution is 7.98. The van der Waals surface area contributed by atoms with Crippen molar-refractivity contribution in [3.05, 3.63) is 87.3 Å². The van der Waals surface area contributed by atoms with Gasteiger partial charge in [-0.05, 0) is 38.1 Å². The van der Waals surface area contributed by atoms with Crippen LogP contribution in [0.4, 0.5) is 0 Å². The van der Waals surface area contributed by atoms with E-state index in [0.29, 0.717) is 5.75 Å². The van der Waals surface area contributed by atoms with Gasteiger partial charge in [0.05, 0.1) is 16.7 Å². The highest BCUT2D eigenvalue weighted by Gasteiger charge is 2.14.